The molecule has 0 saturated carbocycles. The number of anilines is 1. The van der Waals surface area contributed by atoms with Gasteiger partial charge in [0.15, 0.2) is 0 Å². The summed E-state index contributed by atoms with van der Waals surface area (Å²) < 4.78 is 17.1. The third-order valence-electron chi connectivity index (χ3n) is 4.43. The molecule has 1 aliphatic heterocycles. The zero-order valence-corrected chi connectivity index (χ0v) is 16.8. The maximum atomic E-state index is 12.7. The molecular weight excluding hydrogens is 368 g/mol. The standard InChI is InChI=1S/C23H24N2O4/c1-4-27-20-9-7-6-8-19(20)25-23(26)18(14-24)11-17-13-22-16(10-15(3)29-22)12-21(17)28-5-2/h6-9,11-13,15H,4-5,10H2,1-3H3,(H,25,26). The van der Waals surface area contributed by atoms with Crippen molar-refractivity contribution in [2.45, 2.75) is 33.3 Å². The molecule has 6 nitrogen and oxygen atoms in total. The van der Waals surface area contributed by atoms with Crippen LogP contribution in [-0.2, 0) is 11.2 Å². The van der Waals surface area contributed by atoms with Crippen molar-refractivity contribution in [2.75, 3.05) is 18.5 Å². The average Bonchev–Trinajstić information content (AvgIpc) is 3.06. The third kappa shape index (κ3) is 4.69. The van der Waals surface area contributed by atoms with Gasteiger partial charge in [-0.15, -0.1) is 0 Å². The molecule has 0 spiro atoms. The molecule has 6 heteroatoms. The molecule has 150 valence electrons. The van der Waals surface area contributed by atoms with Crippen LogP contribution in [0.4, 0.5) is 5.69 Å². The van der Waals surface area contributed by atoms with Crippen molar-refractivity contribution >= 4 is 17.7 Å². The van der Waals surface area contributed by atoms with E-state index in [1.807, 2.05) is 45.0 Å². The largest absolute Gasteiger partial charge is 0.493 e. The number of nitrogens with one attached hydrogen (secondary N) is 1. The van der Waals surface area contributed by atoms with Crippen LogP contribution in [0, 0.1) is 11.3 Å². The summed E-state index contributed by atoms with van der Waals surface area (Å²) in [5.74, 6) is 1.42. The van der Waals surface area contributed by atoms with E-state index in [9.17, 15) is 10.1 Å². The predicted octanol–water partition coefficient (Wildman–Crippen LogP) is 4.35. The first-order valence-electron chi connectivity index (χ1n) is 9.67. The molecule has 0 aromatic heterocycles. The summed E-state index contributed by atoms with van der Waals surface area (Å²) in [7, 11) is 0. The van der Waals surface area contributed by atoms with E-state index < -0.39 is 5.91 Å². The van der Waals surface area contributed by atoms with Crippen molar-refractivity contribution in [1.29, 1.82) is 5.26 Å². The molecule has 0 fully saturated rings. The molecule has 0 aliphatic carbocycles. The fourth-order valence-electron chi connectivity index (χ4n) is 3.19. The minimum atomic E-state index is -0.517. The van der Waals surface area contributed by atoms with Gasteiger partial charge in [-0.3, -0.25) is 4.79 Å². The highest BCUT2D eigenvalue weighted by atomic mass is 16.5. The second-order valence-corrected chi connectivity index (χ2v) is 6.62. The molecule has 0 bridgehead atoms. The first-order valence-corrected chi connectivity index (χ1v) is 9.67. The van der Waals surface area contributed by atoms with Crippen molar-refractivity contribution < 1.29 is 19.0 Å². The summed E-state index contributed by atoms with van der Waals surface area (Å²) in [5, 5.41) is 12.3. The predicted molar refractivity (Wildman–Crippen MR) is 111 cm³/mol. The maximum Gasteiger partial charge on any atom is 0.266 e. The van der Waals surface area contributed by atoms with Crippen LogP contribution in [0.15, 0.2) is 42.0 Å². The van der Waals surface area contributed by atoms with Crippen molar-refractivity contribution in [3.63, 3.8) is 0 Å². The van der Waals surface area contributed by atoms with Crippen LogP contribution >= 0.6 is 0 Å². The van der Waals surface area contributed by atoms with Crippen LogP contribution in [0.25, 0.3) is 6.08 Å². The number of amides is 1. The number of rotatable bonds is 7. The average molecular weight is 392 g/mol. The topological polar surface area (TPSA) is 80.6 Å². The number of carbonyl (C=O) groups is 1. The molecule has 1 amide bonds. The lowest BCUT2D eigenvalue weighted by Crippen LogP contribution is -2.14. The summed E-state index contributed by atoms with van der Waals surface area (Å²) in [4.78, 5) is 12.7. The van der Waals surface area contributed by atoms with Crippen LogP contribution in [-0.4, -0.2) is 25.2 Å². The number of carbonyl (C=O) groups excluding carboxylic acids is 1. The monoisotopic (exact) mass is 392 g/mol. The van der Waals surface area contributed by atoms with Gasteiger partial charge in [-0.1, -0.05) is 12.1 Å². The minimum Gasteiger partial charge on any atom is -0.493 e. The molecule has 1 aliphatic rings. The Labute approximate surface area is 170 Å². The first kappa shape index (κ1) is 20.3. The lowest BCUT2D eigenvalue weighted by molar-refractivity contribution is -0.112. The van der Waals surface area contributed by atoms with Gasteiger partial charge in [-0.25, -0.2) is 0 Å². The third-order valence-corrected chi connectivity index (χ3v) is 4.43. The van der Waals surface area contributed by atoms with E-state index in [2.05, 4.69) is 5.32 Å². The Hall–Kier alpha value is -3.46. The molecular formula is C23H24N2O4. The van der Waals surface area contributed by atoms with Crippen LogP contribution in [0.3, 0.4) is 0 Å². The summed E-state index contributed by atoms with van der Waals surface area (Å²) in [5.41, 5.74) is 2.16. The SMILES string of the molecule is CCOc1cc2c(cc1C=C(C#N)C(=O)Nc1ccccc1OCC)OC(C)C2. The van der Waals surface area contributed by atoms with E-state index >= 15 is 0 Å². The van der Waals surface area contributed by atoms with Gasteiger partial charge in [0, 0.05) is 17.5 Å². The van der Waals surface area contributed by atoms with Gasteiger partial charge in [-0.2, -0.15) is 5.26 Å². The highest BCUT2D eigenvalue weighted by Gasteiger charge is 2.22. The van der Waals surface area contributed by atoms with Gasteiger partial charge in [0.25, 0.3) is 5.91 Å². The Morgan fingerprint density at radius 2 is 1.97 bits per heavy atom. The van der Waals surface area contributed by atoms with Gasteiger partial charge in [0.1, 0.15) is 35.0 Å². The summed E-state index contributed by atoms with van der Waals surface area (Å²) in [6.45, 7) is 6.71. The quantitative estimate of drug-likeness (QED) is 0.560. The number of nitriles is 1. The molecule has 0 saturated heterocycles. The van der Waals surface area contributed by atoms with Crippen LogP contribution < -0.4 is 19.5 Å². The van der Waals surface area contributed by atoms with Crippen LogP contribution in [0.5, 0.6) is 17.2 Å². The fourth-order valence-corrected chi connectivity index (χ4v) is 3.19. The maximum absolute atomic E-state index is 12.7. The van der Waals surface area contributed by atoms with Gasteiger partial charge in [0.2, 0.25) is 0 Å². The second kappa shape index (κ2) is 9.16. The minimum absolute atomic E-state index is 0.0387. The zero-order valence-electron chi connectivity index (χ0n) is 16.8. The van der Waals surface area contributed by atoms with E-state index in [4.69, 9.17) is 14.2 Å². The number of benzene rings is 2. The molecule has 2 aromatic rings. The Balaban J connectivity index is 1.91. The Morgan fingerprint density at radius 3 is 2.69 bits per heavy atom. The Kier molecular flexibility index (Phi) is 6.40. The van der Waals surface area contributed by atoms with Gasteiger partial charge in [0.05, 0.1) is 18.9 Å². The van der Waals surface area contributed by atoms with E-state index in [0.717, 1.165) is 17.7 Å². The first-order chi connectivity index (χ1) is 14.0. The zero-order chi connectivity index (χ0) is 20.8. The second-order valence-electron chi connectivity index (χ2n) is 6.62. The molecule has 2 aromatic carbocycles. The van der Waals surface area contributed by atoms with Crippen molar-refractivity contribution in [3.8, 4) is 23.3 Å². The van der Waals surface area contributed by atoms with Crippen molar-refractivity contribution in [1.82, 2.24) is 0 Å². The number of nitrogens with zero attached hydrogens (tertiary/aromatic N) is 1. The summed E-state index contributed by atoms with van der Waals surface area (Å²) >= 11 is 0. The highest BCUT2D eigenvalue weighted by Crippen LogP contribution is 2.36. The lowest BCUT2D eigenvalue weighted by atomic mass is 10.0. The lowest BCUT2D eigenvalue weighted by Gasteiger charge is -2.12. The Bertz CT molecular complexity index is 975. The number of para-hydroxylation sites is 2. The number of fused-ring (bicyclic) bond motifs is 1. The molecule has 1 unspecified atom stereocenters. The molecule has 1 N–H and O–H groups in total. The summed E-state index contributed by atoms with van der Waals surface area (Å²) in [6, 6.07) is 12.8. The van der Waals surface area contributed by atoms with Gasteiger partial charge >= 0.3 is 0 Å². The van der Waals surface area contributed by atoms with E-state index in [1.54, 1.807) is 18.2 Å². The van der Waals surface area contributed by atoms with E-state index in [-0.39, 0.29) is 11.7 Å². The normalized spacial score (nSPS) is 15.1. The fraction of sp³-hybridized carbons (Fsp3) is 0.304. The van der Waals surface area contributed by atoms with Crippen molar-refractivity contribution in [3.05, 3.63) is 53.1 Å². The molecule has 1 atom stereocenters. The van der Waals surface area contributed by atoms with Gasteiger partial charge in [-0.05, 0) is 51.1 Å². The van der Waals surface area contributed by atoms with E-state index in [1.165, 1.54) is 6.08 Å². The summed E-state index contributed by atoms with van der Waals surface area (Å²) in [6.07, 6.45) is 2.42. The molecule has 0 radical (unpaired) electrons. The van der Waals surface area contributed by atoms with Crippen molar-refractivity contribution in [2.24, 2.45) is 0 Å². The van der Waals surface area contributed by atoms with Crippen LogP contribution in [0.2, 0.25) is 0 Å². The van der Waals surface area contributed by atoms with Crippen LogP contribution in [0.1, 0.15) is 31.9 Å². The van der Waals surface area contributed by atoms with Gasteiger partial charge < -0.3 is 19.5 Å². The highest BCUT2D eigenvalue weighted by molar-refractivity contribution is 6.10. The molecule has 3 rings (SSSR count). The molecule has 1 heterocycles. The van der Waals surface area contributed by atoms with E-state index in [0.29, 0.717) is 36.0 Å². The smallest absolute Gasteiger partial charge is 0.266 e. The molecule has 29 heavy (non-hydrogen) atoms. The number of hydrogen-bond acceptors (Lipinski definition) is 5. The number of hydrogen-bond donors (Lipinski definition) is 1. The Morgan fingerprint density at radius 1 is 1.24 bits per heavy atom. The number of ether oxygens (including phenoxy) is 3.